The van der Waals surface area contributed by atoms with E-state index in [9.17, 15) is 39.8 Å². The lowest BCUT2D eigenvalue weighted by atomic mass is 9.85. The second kappa shape index (κ2) is 40.1. The molecule has 0 aromatic rings. The van der Waals surface area contributed by atoms with Crippen molar-refractivity contribution >= 4 is 13.8 Å². The fourth-order valence-corrected chi connectivity index (χ4v) is 8.73. The highest BCUT2D eigenvalue weighted by Gasteiger charge is 2.51. The SMILES string of the molecule is CCCCCC/C=C\CCCCCCCCOCC(COP(=O)(O)OC1C(O)C(O)C(O)C(O)C1O)OC(=O)CCCCCCCCCCC/C=C\CCCCCCCCCC. The van der Waals surface area contributed by atoms with Gasteiger partial charge in [0.25, 0.3) is 0 Å². The van der Waals surface area contributed by atoms with Crippen LogP contribution < -0.4 is 0 Å². The molecule has 0 spiro atoms. The average molecular weight is 905 g/mol. The molecule has 1 saturated carbocycles. The quantitative estimate of drug-likeness (QED) is 0.0147. The lowest BCUT2D eigenvalue weighted by Gasteiger charge is -2.41. The van der Waals surface area contributed by atoms with E-state index in [1.54, 1.807) is 0 Å². The molecule has 0 aromatic heterocycles. The van der Waals surface area contributed by atoms with Gasteiger partial charge in [0.1, 0.15) is 42.7 Å². The third-order valence-electron chi connectivity index (χ3n) is 11.8. The molecule has 1 rings (SSSR count). The van der Waals surface area contributed by atoms with Crippen LogP contribution in [0.2, 0.25) is 0 Å². The third kappa shape index (κ3) is 31.7. The molecule has 0 saturated heterocycles. The fourth-order valence-electron chi connectivity index (χ4n) is 7.76. The number of esters is 1. The van der Waals surface area contributed by atoms with Crippen LogP contribution in [-0.2, 0) is 27.9 Å². The zero-order chi connectivity index (χ0) is 45.5. The second-order valence-electron chi connectivity index (χ2n) is 17.7. The van der Waals surface area contributed by atoms with Gasteiger partial charge in [-0.15, -0.1) is 0 Å². The van der Waals surface area contributed by atoms with Gasteiger partial charge in [0.2, 0.25) is 0 Å². The van der Waals surface area contributed by atoms with Crippen LogP contribution in [0.5, 0.6) is 0 Å². The Morgan fingerprint density at radius 1 is 0.500 bits per heavy atom. The number of carbonyl (C=O) groups excluding carboxylic acids is 1. The van der Waals surface area contributed by atoms with Crippen molar-refractivity contribution in [1.82, 2.24) is 0 Å². The van der Waals surface area contributed by atoms with Crippen molar-refractivity contribution in [1.29, 1.82) is 0 Å². The number of aliphatic hydroxyl groups is 5. The third-order valence-corrected chi connectivity index (χ3v) is 12.8. The van der Waals surface area contributed by atoms with Crippen LogP contribution in [0.15, 0.2) is 24.3 Å². The van der Waals surface area contributed by atoms with Crippen LogP contribution in [0.25, 0.3) is 0 Å². The van der Waals surface area contributed by atoms with Gasteiger partial charge in [0, 0.05) is 13.0 Å². The number of phosphoric ester groups is 1. The van der Waals surface area contributed by atoms with Crippen LogP contribution in [0.4, 0.5) is 0 Å². The zero-order valence-corrected chi connectivity index (χ0v) is 40.1. The van der Waals surface area contributed by atoms with E-state index in [0.29, 0.717) is 13.0 Å². The van der Waals surface area contributed by atoms with Crippen LogP contribution >= 0.6 is 7.82 Å². The molecule has 62 heavy (non-hydrogen) atoms. The molecular weight excluding hydrogens is 812 g/mol. The maximum atomic E-state index is 12.8. The van der Waals surface area contributed by atoms with Gasteiger partial charge in [-0.3, -0.25) is 13.8 Å². The van der Waals surface area contributed by atoms with Gasteiger partial charge >= 0.3 is 13.8 Å². The first-order valence-corrected chi connectivity index (χ1v) is 26.7. The Balaban J connectivity index is 2.34. The summed E-state index contributed by atoms with van der Waals surface area (Å²) in [6.07, 6.45) is 33.9. The molecule has 6 atom stereocenters. The van der Waals surface area contributed by atoms with Crippen LogP contribution in [0.3, 0.4) is 0 Å². The predicted molar refractivity (Wildman–Crippen MR) is 249 cm³/mol. The molecule has 0 amide bonds. The number of aliphatic hydroxyl groups excluding tert-OH is 5. The van der Waals surface area contributed by atoms with Crippen LogP contribution in [-0.4, -0.2) is 98.9 Å². The standard InChI is InChI=1S/C49H93O12P/c1-3-5-7-9-11-13-15-17-19-20-21-22-23-24-25-26-28-30-32-34-36-38-43(50)60-42(40-58-39-37-35-33-31-29-27-18-16-14-12-10-8-6-4-2)41-59-62(56,57)61-49-47(54)45(52)44(51)46(53)48(49)55/h14,16,20-21,42,44-49,51-55H,3-13,15,17-19,22-41H2,1-2H3,(H,56,57)/b16-14-,21-20-. The molecule has 0 aliphatic heterocycles. The lowest BCUT2D eigenvalue weighted by molar-refractivity contribution is -0.220. The van der Waals surface area contributed by atoms with Crippen molar-refractivity contribution in [2.45, 2.75) is 262 Å². The number of rotatable bonds is 43. The van der Waals surface area contributed by atoms with E-state index in [-0.39, 0.29) is 13.0 Å². The van der Waals surface area contributed by atoms with E-state index >= 15 is 0 Å². The summed E-state index contributed by atoms with van der Waals surface area (Å²) >= 11 is 0. The van der Waals surface area contributed by atoms with E-state index in [1.165, 1.54) is 141 Å². The number of unbranched alkanes of at least 4 members (excludes halogenated alkanes) is 27. The summed E-state index contributed by atoms with van der Waals surface area (Å²) in [5.41, 5.74) is 0. The number of phosphoric acid groups is 1. The largest absolute Gasteiger partial charge is 0.472 e. The Hall–Kier alpha value is -1.18. The minimum atomic E-state index is -5.02. The van der Waals surface area contributed by atoms with Gasteiger partial charge in [0.05, 0.1) is 13.2 Å². The molecular formula is C49H93O12P. The maximum Gasteiger partial charge on any atom is 0.472 e. The highest BCUT2D eigenvalue weighted by Crippen LogP contribution is 2.47. The first-order valence-electron chi connectivity index (χ1n) is 25.2. The molecule has 0 radical (unpaired) electrons. The van der Waals surface area contributed by atoms with Gasteiger partial charge in [-0.2, -0.15) is 0 Å². The van der Waals surface area contributed by atoms with E-state index < -0.39 is 63.1 Å². The fraction of sp³-hybridized carbons (Fsp3) is 0.898. The van der Waals surface area contributed by atoms with E-state index in [0.717, 1.165) is 51.4 Å². The molecule has 0 heterocycles. The summed E-state index contributed by atoms with van der Waals surface area (Å²) in [7, 11) is -5.02. The Kier molecular flexibility index (Phi) is 38.1. The summed E-state index contributed by atoms with van der Waals surface area (Å²) in [6, 6.07) is 0. The first kappa shape index (κ1) is 58.8. The Bertz CT molecular complexity index is 1120. The van der Waals surface area contributed by atoms with Gasteiger partial charge in [-0.05, 0) is 64.2 Å². The molecule has 1 aliphatic carbocycles. The molecule has 13 heteroatoms. The molecule has 1 fully saturated rings. The average Bonchev–Trinajstić information content (AvgIpc) is 3.26. The van der Waals surface area contributed by atoms with Crippen molar-refractivity contribution < 1.29 is 58.3 Å². The molecule has 1 aliphatic rings. The van der Waals surface area contributed by atoms with Crippen LogP contribution in [0, 0.1) is 0 Å². The minimum absolute atomic E-state index is 0.0790. The van der Waals surface area contributed by atoms with Crippen LogP contribution in [0.1, 0.15) is 219 Å². The summed E-state index contributed by atoms with van der Waals surface area (Å²) in [5, 5.41) is 50.2. The number of hydrogen-bond acceptors (Lipinski definition) is 11. The topological polar surface area (TPSA) is 192 Å². The number of hydrogen-bond donors (Lipinski definition) is 6. The summed E-state index contributed by atoms with van der Waals surface area (Å²) in [6.45, 7) is 4.25. The summed E-state index contributed by atoms with van der Waals surface area (Å²) < 4.78 is 34.2. The highest BCUT2D eigenvalue weighted by atomic mass is 31.2. The maximum absolute atomic E-state index is 12.8. The molecule has 12 nitrogen and oxygen atoms in total. The van der Waals surface area contributed by atoms with Gasteiger partial charge in [-0.1, -0.05) is 173 Å². The van der Waals surface area contributed by atoms with E-state index in [2.05, 4.69) is 38.2 Å². The minimum Gasteiger partial charge on any atom is -0.457 e. The van der Waals surface area contributed by atoms with Gasteiger partial charge in [0.15, 0.2) is 0 Å². The van der Waals surface area contributed by atoms with Crippen molar-refractivity contribution in [3.63, 3.8) is 0 Å². The zero-order valence-electron chi connectivity index (χ0n) is 39.2. The predicted octanol–water partition coefficient (Wildman–Crippen LogP) is 10.9. The summed E-state index contributed by atoms with van der Waals surface area (Å²) in [5.74, 6) is -0.479. The van der Waals surface area contributed by atoms with Gasteiger partial charge in [-0.25, -0.2) is 4.57 Å². The second-order valence-corrected chi connectivity index (χ2v) is 19.1. The molecule has 0 bridgehead atoms. The molecule has 6 unspecified atom stereocenters. The Morgan fingerprint density at radius 2 is 0.855 bits per heavy atom. The number of ether oxygens (including phenoxy) is 2. The molecule has 366 valence electrons. The van der Waals surface area contributed by atoms with E-state index in [1.807, 2.05) is 0 Å². The van der Waals surface area contributed by atoms with Crippen molar-refractivity contribution in [2.24, 2.45) is 0 Å². The number of carbonyl (C=O) groups is 1. The monoisotopic (exact) mass is 905 g/mol. The Morgan fingerprint density at radius 3 is 1.29 bits per heavy atom. The van der Waals surface area contributed by atoms with Crippen molar-refractivity contribution in [3.8, 4) is 0 Å². The Labute approximate surface area is 377 Å². The summed E-state index contributed by atoms with van der Waals surface area (Å²) in [4.78, 5) is 23.2. The smallest absolute Gasteiger partial charge is 0.457 e. The molecule has 6 N–H and O–H groups in total. The normalized spacial score (nSPS) is 22.1. The van der Waals surface area contributed by atoms with Crippen molar-refractivity contribution in [3.05, 3.63) is 24.3 Å². The first-order chi connectivity index (χ1) is 30.0. The lowest BCUT2D eigenvalue weighted by Crippen LogP contribution is -2.64. The van der Waals surface area contributed by atoms with E-state index in [4.69, 9.17) is 18.5 Å². The van der Waals surface area contributed by atoms with Gasteiger partial charge < -0.3 is 39.9 Å². The van der Waals surface area contributed by atoms with Crippen molar-refractivity contribution in [2.75, 3.05) is 19.8 Å². The number of allylic oxidation sites excluding steroid dienone is 4. The highest BCUT2D eigenvalue weighted by molar-refractivity contribution is 7.47. The molecule has 0 aromatic carbocycles.